The van der Waals surface area contributed by atoms with Gasteiger partial charge in [0.2, 0.25) is 0 Å². The van der Waals surface area contributed by atoms with Crippen molar-refractivity contribution in [2.75, 3.05) is 13.6 Å². The van der Waals surface area contributed by atoms with Crippen LogP contribution in [0.4, 0.5) is 0 Å². The Morgan fingerprint density at radius 1 is 1.23 bits per heavy atom. The van der Waals surface area contributed by atoms with E-state index in [0.29, 0.717) is 0 Å². The lowest BCUT2D eigenvalue weighted by Gasteiger charge is -2.19. The molecule has 1 aliphatic rings. The molecule has 0 fully saturated rings. The van der Waals surface area contributed by atoms with Gasteiger partial charge < -0.3 is 9.32 Å². The molecule has 2 heterocycles. The van der Waals surface area contributed by atoms with E-state index in [1.807, 2.05) is 54.4 Å². The molecule has 1 aliphatic carbocycles. The number of furan rings is 1. The molecule has 132 valence electrons. The lowest BCUT2D eigenvalue weighted by molar-refractivity contribution is 0.0796. The summed E-state index contributed by atoms with van der Waals surface area (Å²) in [7, 11) is 1.88. The molecule has 0 N–H and O–H groups in total. The minimum atomic E-state index is 0.0842. The van der Waals surface area contributed by atoms with E-state index >= 15 is 0 Å². The van der Waals surface area contributed by atoms with Crippen LogP contribution in [-0.2, 0) is 6.42 Å². The Labute approximate surface area is 153 Å². The number of aromatic nitrogens is 1. The quantitative estimate of drug-likeness (QED) is 0.682. The maximum absolute atomic E-state index is 13.2. The minimum Gasteiger partial charge on any atom is -0.465 e. The van der Waals surface area contributed by atoms with Gasteiger partial charge in [-0.25, -0.2) is 4.98 Å². The highest BCUT2D eigenvalue weighted by Gasteiger charge is 2.28. The first kappa shape index (κ1) is 16.6. The molecule has 1 aromatic carbocycles. The molecule has 3 aromatic rings. The van der Waals surface area contributed by atoms with Gasteiger partial charge in [0.05, 0.1) is 23.0 Å². The van der Waals surface area contributed by atoms with E-state index in [-0.39, 0.29) is 5.91 Å². The summed E-state index contributed by atoms with van der Waals surface area (Å²) < 4.78 is 5.47. The van der Waals surface area contributed by atoms with Crippen LogP contribution in [0.25, 0.3) is 22.6 Å². The zero-order chi connectivity index (χ0) is 18.1. The summed E-state index contributed by atoms with van der Waals surface area (Å²) in [4.78, 5) is 19.9. The van der Waals surface area contributed by atoms with Crippen molar-refractivity contribution in [2.24, 2.45) is 0 Å². The van der Waals surface area contributed by atoms with Gasteiger partial charge in [0.25, 0.3) is 5.91 Å². The van der Waals surface area contributed by atoms with Crippen LogP contribution < -0.4 is 0 Å². The van der Waals surface area contributed by atoms with Gasteiger partial charge in [0.15, 0.2) is 0 Å². The topological polar surface area (TPSA) is 46.3 Å². The van der Waals surface area contributed by atoms with Crippen LogP contribution in [0.1, 0.15) is 47.1 Å². The molecule has 0 saturated heterocycles. The van der Waals surface area contributed by atoms with Crippen LogP contribution in [0.2, 0.25) is 0 Å². The van der Waals surface area contributed by atoms with Crippen molar-refractivity contribution in [1.82, 2.24) is 9.88 Å². The molecule has 0 aliphatic heterocycles. The Kier molecular flexibility index (Phi) is 4.33. The van der Waals surface area contributed by atoms with Gasteiger partial charge in [0, 0.05) is 19.0 Å². The zero-order valence-electron chi connectivity index (χ0n) is 15.2. The van der Waals surface area contributed by atoms with Gasteiger partial charge in [-0.05, 0) is 54.7 Å². The fourth-order valence-corrected chi connectivity index (χ4v) is 3.70. The van der Waals surface area contributed by atoms with E-state index in [2.05, 4.69) is 6.92 Å². The van der Waals surface area contributed by atoms with Crippen LogP contribution in [0.5, 0.6) is 0 Å². The molecule has 0 radical (unpaired) electrons. The van der Waals surface area contributed by atoms with Crippen molar-refractivity contribution in [3.63, 3.8) is 0 Å². The number of nitrogens with zero attached hydrogens (tertiary/aromatic N) is 2. The van der Waals surface area contributed by atoms with E-state index in [1.165, 1.54) is 0 Å². The number of rotatable bonds is 4. The summed E-state index contributed by atoms with van der Waals surface area (Å²) in [6.07, 6.45) is 6.36. The second kappa shape index (κ2) is 6.79. The van der Waals surface area contributed by atoms with Crippen molar-refractivity contribution in [3.8, 4) is 0 Å². The van der Waals surface area contributed by atoms with Gasteiger partial charge in [-0.3, -0.25) is 4.79 Å². The number of carbonyl (C=O) groups excluding carboxylic acids is 1. The summed E-state index contributed by atoms with van der Waals surface area (Å²) in [5, 5.41) is 0.943. The number of carbonyl (C=O) groups is 1. The highest BCUT2D eigenvalue weighted by molar-refractivity contribution is 6.09. The van der Waals surface area contributed by atoms with Crippen LogP contribution in [0.15, 0.2) is 47.1 Å². The van der Waals surface area contributed by atoms with E-state index in [0.717, 1.165) is 64.9 Å². The number of allylic oxidation sites excluding steroid dienone is 1. The summed E-state index contributed by atoms with van der Waals surface area (Å²) >= 11 is 0. The Balaban J connectivity index is 1.90. The third kappa shape index (κ3) is 2.81. The minimum absolute atomic E-state index is 0.0842. The maximum Gasteiger partial charge on any atom is 0.254 e. The van der Waals surface area contributed by atoms with Crippen molar-refractivity contribution in [2.45, 2.75) is 26.2 Å². The van der Waals surface area contributed by atoms with Gasteiger partial charge in [0.1, 0.15) is 5.76 Å². The van der Waals surface area contributed by atoms with Crippen molar-refractivity contribution >= 4 is 28.5 Å². The van der Waals surface area contributed by atoms with E-state index in [1.54, 1.807) is 6.26 Å². The van der Waals surface area contributed by atoms with E-state index in [9.17, 15) is 4.79 Å². The average molecular weight is 346 g/mol. The number of hydrogen-bond donors (Lipinski definition) is 0. The highest BCUT2D eigenvalue weighted by Crippen LogP contribution is 2.37. The lowest BCUT2D eigenvalue weighted by atomic mass is 9.99. The second-order valence-electron chi connectivity index (χ2n) is 6.74. The molecule has 4 heteroatoms. The predicted octanol–water partition coefficient (Wildman–Crippen LogP) is 4.80. The van der Waals surface area contributed by atoms with Gasteiger partial charge >= 0.3 is 0 Å². The van der Waals surface area contributed by atoms with Crippen LogP contribution >= 0.6 is 0 Å². The number of para-hydroxylation sites is 1. The molecule has 26 heavy (non-hydrogen) atoms. The summed E-state index contributed by atoms with van der Waals surface area (Å²) in [5.41, 5.74) is 4.81. The van der Waals surface area contributed by atoms with Crippen LogP contribution in [0, 0.1) is 0 Å². The van der Waals surface area contributed by atoms with Gasteiger partial charge in [-0.15, -0.1) is 0 Å². The molecule has 4 rings (SSSR count). The molecule has 4 nitrogen and oxygen atoms in total. The molecule has 0 saturated carbocycles. The first-order chi connectivity index (χ1) is 12.7. The molecule has 2 aromatic heterocycles. The van der Waals surface area contributed by atoms with Gasteiger partial charge in [-0.1, -0.05) is 25.1 Å². The molecule has 0 spiro atoms. The number of pyridine rings is 1. The Hall–Kier alpha value is -2.88. The number of fused-ring (bicyclic) bond motifs is 2. The second-order valence-corrected chi connectivity index (χ2v) is 6.74. The van der Waals surface area contributed by atoms with Crippen LogP contribution in [-0.4, -0.2) is 29.4 Å². The van der Waals surface area contributed by atoms with Crippen molar-refractivity contribution in [3.05, 3.63) is 65.2 Å². The van der Waals surface area contributed by atoms with E-state index < -0.39 is 0 Å². The summed E-state index contributed by atoms with van der Waals surface area (Å²) in [6, 6.07) is 11.7. The predicted molar refractivity (Wildman–Crippen MR) is 104 cm³/mol. The third-order valence-corrected chi connectivity index (χ3v) is 4.92. The summed E-state index contributed by atoms with van der Waals surface area (Å²) in [5.74, 6) is 0.903. The molecule has 0 bridgehead atoms. The molecule has 0 unspecified atom stereocenters. The SMILES string of the molecule is CCCN(C)C(=O)c1c2c(nc3ccccc13)C(=Cc1ccco1)CC2. The smallest absolute Gasteiger partial charge is 0.254 e. The zero-order valence-corrected chi connectivity index (χ0v) is 15.2. The first-order valence-corrected chi connectivity index (χ1v) is 9.10. The standard InChI is InChI=1S/C22H22N2O2/c1-3-12-24(2)22(25)20-17-8-4-5-9-19(17)23-21-15(10-11-18(20)21)14-16-7-6-13-26-16/h4-9,13-14H,3,10-12H2,1-2H3. The third-order valence-electron chi connectivity index (χ3n) is 4.92. The number of hydrogen-bond acceptors (Lipinski definition) is 3. The largest absolute Gasteiger partial charge is 0.465 e. The first-order valence-electron chi connectivity index (χ1n) is 9.10. The monoisotopic (exact) mass is 346 g/mol. The Bertz CT molecular complexity index is 987. The maximum atomic E-state index is 13.2. The van der Waals surface area contributed by atoms with Gasteiger partial charge in [-0.2, -0.15) is 0 Å². The normalized spacial score (nSPS) is 14.8. The summed E-state index contributed by atoms with van der Waals surface area (Å²) in [6.45, 7) is 2.84. The molecule has 1 amide bonds. The van der Waals surface area contributed by atoms with Crippen LogP contribution in [0.3, 0.4) is 0 Å². The lowest BCUT2D eigenvalue weighted by Crippen LogP contribution is -2.28. The fraction of sp³-hybridized carbons (Fsp3) is 0.273. The molecular formula is C22H22N2O2. The number of amides is 1. The highest BCUT2D eigenvalue weighted by atomic mass is 16.3. The van der Waals surface area contributed by atoms with E-state index in [4.69, 9.17) is 9.40 Å². The fourth-order valence-electron chi connectivity index (χ4n) is 3.70. The number of benzene rings is 1. The molecular weight excluding hydrogens is 324 g/mol. The van der Waals surface area contributed by atoms with Crippen molar-refractivity contribution < 1.29 is 9.21 Å². The molecule has 0 atom stereocenters. The Morgan fingerprint density at radius 2 is 2.08 bits per heavy atom. The Morgan fingerprint density at radius 3 is 2.85 bits per heavy atom. The average Bonchev–Trinajstić information content (AvgIpc) is 3.30. The van der Waals surface area contributed by atoms with Crippen molar-refractivity contribution in [1.29, 1.82) is 0 Å².